The van der Waals surface area contributed by atoms with E-state index in [2.05, 4.69) is 17.9 Å². The number of methoxy groups -OCH3 is 2. The number of hydrogen-bond donors (Lipinski definition) is 5. The highest BCUT2D eigenvalue weighted by atomic mass is 32.1. The van der Waals surface area contributed by atoms with E-state index in [1.54, 1.807) is 37.4 Å². The Labute approximate surface area is 218 Å². The summed E-state index contributed by atoms with van der Waals surface area (Å²) in [5.74, 6) is -2.63. The van der Waals surface area contributed by atoms with Crippen LogP contribution in [0.4, 0.5) is 0 Å². The van der Waals surface area contributed by atoms with Crippen LogP contribution in [0.25, 0.3) is 6.08 Å². The summed E-state index contributed by atoms with van der Waals surface area (Å²) in [5.41, 5.74) is 1.33. The van der Waals surface area contributed by atoms with Gasteiger partial charge in [0, 0.05) is 42.0 Å². The molecule has 4 N–H and O–H groups in total. The van der Waals surface area contributed by atoms with Gasteiger partial charge in [-0.05, 0) is 18.2 Å². The zero-order valence-corrected chi connectivity index (χ0v) is 20.9. The van der Waals surface area contributed by atoms with E-state index >= 15 is 0 Å². The predicted octanol–water partition coefficient (Wildman–Crippen LogP) is 2.78. The molecular formula is C25H27NO10S. The minimum atomic E-state index is -1.23. The summed E-state index contributed by atoms with van der Waals surface area (Å²) >= 11 is 3.65. The number of aliphatic carboxylic acids is 3. The maximum Gasteiger partial charge on any atom is 0.328 e. The quantitative estimate of drug-likeness (QED) is 0.225. The third kappa shape index (κ3) is 16.6. The minimum absolute atomic E-state index is 0.0157. The molecule has 198 valence electrons. The second-order valence-corrected chi connectivity index (χ2v) is 6.96. The third-order valence-electron chi connectivity index (χ3n) is 3.88. The largest absolute Gasteiger partial charge is 0.497 e. The summed E-state index contributed by atoms with van der Waals surface area (Å²) in [6.45, 7) is -0.0157. The Bertz CT molecular complexity index is 1110. The number of nitrogens with one attached hydrogen (secondary N) is 1. The number of hydrogen-bond acceptors (Lipinski definition) is 7. The number of thiol groups is 1. The van der Waals surface area contributed by atoms with E-state index in [9.17, 15) is 24.0 Å². The van der Waals surface area contributed by atoms with Crippen molar-refractivity contribution in [3.63, 3.8) is 0 Å². The molecule has 0 aliphatic heterocycles. The lowest BCUT2D eigenvalue weighted by Gasteiger charge is -2.06. The SMILES string of the molecule is COc1ccc(/C=C/C(=O)O)c(OC)c1.O=C(O)/C=C\C(=O)NCCC(=O)O.O=C(S)c1ccccc1. The van der Waals surface area contributed by atoms with E-state index in [-0.39, 0.29) is 18.1 Å². The molecule has 0 unspecified atom stereocenters. The first-order valence-corrected chi connectivity index (χ1v) is 10.8. The number of carboxylic acids is 3. The van der Waals surface area contributed by atoms with Crippen molar-refractivity contribution in [1.29, 1.82) is 0 Å². The van der Waals surface area contributed by atoms with Crippen molar-refractivity contribution < 1.29 is 48.8 Å². The molecule has 0 saturated carbocycles. The van der Waals surface area contributed by atoms with Crippen LogP contribution in [0.3, 0.4) is 0 Å². The van der Waals surface area contributed by atoms with Gasteiger partial charge in [-0.2, -0.15) is 0 Å². The van der Waals surface area contributed by atoms with Crippen molar-refractivity contribution in [2.24, 2.45) is 0 Å². The molecule has 0 aromatic heterocycles. The summed E-state index contributed by atoms with van der Waals surface area (Å²) in [7, 11) is 3.08. The zero-order chi connectivity index (χ0) is 28.2. The number of ether oxygens (including phenoxy) is 2. The van der Waals surface area contributed by atoms with E-state index in [1.165, 1.54) is 13.2 Å². The second kappa shape index (κ2) is 18.7. The third-order valence-corrected chi connectivity index (χ3v) is 4.14. The Balaban J connectivity index is 0.000000541. The van der Waals surface area contributed by atoms with Gasteiger partial charge < -0.3 is 30.1 Å². The molecule has 0 fully saturated rings. The zero-order valence-electron chi connectivity index (χ0n) is 20.0. The van der Waals surface area contributed by atoms with Gasteiger partial charge in [-0.15, -0.1) is 12.6 Å². The van der Waals surface area contributed by atoms with Gasteiger partial charge >= 0.3 is 17.9 Å². The number of rotatable bonds is 10. The van der Waals surface area contributed by atoms with Gasteiger partial charge in [0.05, 0.1) is 20.6 Å². The van der Waals surface area contributed by atoms with Gasteiger partial charge in [0.15, 0.2) is 0 Å². The standard InChI is InChI=1S/C11H12O4.C7H9NO5.C7H6OS/c1-14-9-5-3-8(4-6-11(12)13)10(7-9)15-2;9-5(1-2-6(10)11)8-4-3-7(12)13;8-7(9)6-4-2-1-3-5-6/h3-7H,1-2H3,(H,12,13);1-2H,3-4H2,(H,8,9)(H,10,11)(H,12,13);1-5H,(H,8,9)/b6-4+;2-1-;. The molecule has 0 aliphatic carbocycles. The van der Waals surface area contributed by atoms with Crippen LogP contribution in [0.15, 0.2) is 66.8 Å². The molecule has 0 spiro atoms. The Morgan fingerprint density at radius 3 is 1.95 bits per heavy atom. The van der Waals surface area contributed by atoms with Crippen LogP contribution in [-0.4, -0.2) is 65.0 Å². The van der Waals surface area contributed by atoms with Crippen molar-refractivity contribution in [1.82, 2.24) is 5.32 Å². The van der Waals surface area contributed by atoms with E-state index in [1.807, 2.05) is 18.2 Å². The van der Waals surface area contributed by atoms with Gasteiger partial charge in [0.2, 0.25) is 11.0 Å². The average Bonchev–Trinajstić information content (AvgIpc) is 2.87. The molecule has 0 radical (unpaired) electrons. The molecule has 11 nitrogen and oxygen atoms in total. The molecule has 2 aromatic carbocycles. The first-order valence-electron chi connectivity index (χ1n) is 10.3. The Hall–Kier alpha value is -4.58. The Kier molecular flexibility index (Phi) is 16.4. The minimum Gasteiger partial charge on any atom is -0.497 e. The van der Waals surface area contributed by atoms with E-state index in [4.69, 9.17) is 24.8 Å². The van der Waals surface area contributed by atoms with Gasteiger partial charge in [-0.3, -0.25) is 14.4 Å². The van der Waals surface area contributed by atoms with Crippen LogP contribution >= 0.6 is 12.6 Å². The Morgan fingerprint density at radius 2 is 1.49 bits per heavy atom. The maximum atomic E-state index is 10.7. The lowest BCUT2D eigenvalue weighted by Crippen LogP contribution is -2.24. The first-order chi connectivity index (χ1) is 17.5. The number of benzene rings is 2. The molecule has 0 heterocycles. The molecule has 37 heavy (non-hydrogen) atoms. The van der Waals surface area contributed by atoms with Crippen molar-refractivity contribution in [3.05, 3.63) is 77.9 Å². The normalized spacial score (nSPS) is 9.81. The number of carboxylic acid groups (broad SMARTS) is 3. The maximum absolute atomic E-state index is 10.7. The van der Waals surface area contributed by atoms with Crippen LogP contribution in [0.5, 0.6) is 11.5 Å². The average molecular weight is 534 g/mol. The van der Waals surface area contributed by atoms with Crippen molar-refractivity contribution in [2.45, 2.75) is 6.42 Å². The first kappa shape index (κ1) is 32.4. The second-order valence-electron chi connectivity index (χ2n) is 6.56. The van der Waals surface area contributed by atoms with Crippen LogP contribution < -0.4 is 14.8 Å². The monoisotopic (exact) mass is 533 g/mol. The Morgan fingerprint density at radius 1 is 0.865 bits per heavy atom. The van der Waals surface area contributed by atoms with Crippen molar-refractivity contribution in [2.75, 3.05) is 20.8 Å². The molecule has 2 rings (SSSR count). The predicted molar refractivity (Wildman–Crippen MR) is 138 cm³/mol. The summed E-state index contributed by atoms with van der Waals surface area (Å²) < 4.78 is 10.1. The topological polar surface area (TPSA) is 177 Å². The van der Waals surface area contributed by atoms with Crippen LogP contribution in [0, 0.1) is 0 Å². The summed E-state index contributed by atoms with van der Waals surface area (Å²) in [6.07, 6.45) is 3.85. The summed E-state index contributed by atoms with van der Waals surface area (Å²) in [6, 6.07) is 14.1. The number of carbonyl (C=O) groups excluding carboxylic acids is 2. The molecule has 0 bridgehead atoms. The lowest BCUT2D eigenvalue weighted by molar-refractivity contribution is -0.137. The highest BCUT2D eigenvalue weighted by molar-refractivity contribution is 7.97. The molecular weight excluding hydrogens is 506 g/mol. The lowest BCUT2D eigenvalue weighted by atomic mass is 10.2. The van der Waals surface area contributed by atoms with Crippen LogP contribution in [0.2, 0.25) is 0 Å². The fourth-order valence-electron chi connectivity index (χ4n) is 2.20. The molecule has 12 heteroatoms. The van der Waals surface area contributed by atoms with Gasteiger partial charge in [0.25, 0.3) is 0 Å². The van der Waals surface area contributed by atoms with E-state index in [0.717, 1.165) is 12.2 Å². The fraction of sp³-hybridized carbons (Fsp3) is 0.160. The molecule has 0 atom stereocenters. The summed E-state index contributed by atoms with van der Waals surface area (Å²) in [4.78, 5) is 51.4. The highest BCUT2D eigenvalue weighted by Crippen LogP contribution is 2.25. The van der Waals surface area contributed by atoms with Crippen molar-refractivity contribution in [3.8, 4) is 11.5 Å². The molecule has 1 amide bonds. The van der Waals surface area contributed by atoms with Crippen molar-refractivity contribution >= 4 is 47.6 Å². The highest BCUT2D eigenvalue weighted by Gasteiger charge is 2.02. The molecule has 2 aromatic rings. The summed E-state index contributed by atoms with van der Waals surface area (Å²) in [5, 5.41) is 26.8. The van der Waals surface area contributed by atoms with E-state index < -0.39 is 23.8 Å². The smallest absolute Gasteiger partial charge is 0.328 e. The van der Waals surface area contributed by atoms with Gasteiger partial charge in [-0.1, -0.05) is 30.3 Å². The molecule has 0 saturated heterocycles. The molecule has 0 aliphatic rings. The van der Waals surface area contributed by atoms with Crippen LogP contribution in [-0.2, 0) is 19.2 Å². The van der Waals surface area contributed by atoms with Crippen LogP contribution in [0.1, 0.15) is 22.3 Å². The van der Waals surface area contributed by atoms with Gasteiger partial charge in [-0.25, -0.2) is 9.59 Å². The number of amides is 1. The van der Waals surface area contributed by atoms with E-state index in [0.29, 0.717) is 28.7 Å². The fourth-order valence-corrected chi connectivity index (χ4v) is 2.35. The van der Waals surface area contributed by atoms with Gasteiger partial charge in [0.1, 0.15) is 11.5 Å². The number of carbonyl (C=O) groups is 5.